The normalized spacial score (nSPS) is 9.09. The van der Waals surface area contributed by atoms with Crippen LogP contribution < -0.4 is 4.90 Å². The molecule has 0 radical (unpaired) electrons. The molecule has 0 saturated heterocycles. The van der Waals surface area contributed by atoms with Gasteiger partial charge in [-0.3, -0.25) is 4.90 Å². The molecule has 0 aliphatic heterocycles. The van der Waals surface area contributed by atoms with Crippen molar-refractivity contribution in [3.8, 4) is 23.6 Å². The Labute approximate surface area is 132 Å². The first kappa shape index (κ1) is 15.4. The van der Waals surface area contributed by atoms with Crippen LogP contribution in [0.25, 0.3) is 4.85 Å². The summed E-state index contributed by atoms with van der Waals surface area (Å²) < 4.78 is 0. The van der Waals surface area contributed by atoms with Crippen LogP contribution >= 0.6 is 0 Å². The van der Waals surface area contributed by atoms with Crippen molar-refractivity contribution < 1.29 is 10.2 Å². The molecule has 0 saturated carbocycles. The zero-order valence-electron chi connectivity index (χ0n) is 11.8. The van der Waals surface area contributed by atoms with Crippen molar-refractivity contribution in [2.75, 3.05) is 4.90 Å². The van der Waals surface area contributed by atoms with Gasteiger partial charge >= 0.3 is 0 Å². The molecule has 2 N–H and O–H groups in total. The van der Waals surface area contributed by atoms with Crippen LogP contribution in [0.2, 0.25) is 0 Å². The van der Waals surface area contributed by atoms with Gasteiger partial charge in [0.15, 0.2) is 5.57 Å². The number of rotatable bonds is 3. The molecule has 0 amide bonds. The first-order valence-electron chi connectivity index (χ1n) is 6.41. The minimum absolute atomic E-state index is 0.0496. The predicted molar refractivity (Wildman–Crippen MR) is 83.2 cm³/mol. The minimum atomic E-state index is -0.332. The SMILES string of the molecule is [C-]#[N+]C(=C(C#N)C#N)N(c1ccc(O)cc1)c1ccc(O)cc1. The molecule has 6 heteroatoms. The summed E-state index contributed by atoms with van der Waals surface area (Å²) in [7, 11) is 0. The van der Waals surface area contributed by atoms with Crippen LogP contribution in [0, 0.1) is 29.2 Å². The number of benzene rings is 2. The Morgan fingerprint density at radius 3 is 1.57 bits per heavy atom. The van der Waals surface area contributed by atoms with Gasteiger partial charge in [-0.1, -0.05) is 6.57 Å². The van der Waals surface area contributed by atoms with Gasteiger partial charge in [0.2, 0.25) is 0 Å². The van der Waals surface area contributed by atoms with Crippen LogP contribution in [0.1, 0.15) is 0 Å². The van der Waals surface area contributed by atoms with E-state index < -0.39 is 0 Å². The van der Waals surface area contributed by atoms with Gasteiger partial charge in [0, 0.05) is 0 Å². The second-order valence-corrected chi connectivity index (χ2v) is 4.40. The van der Waals surface area contributed by atoms with Gasteiger partial charge in [-0.25, -0.2) is 0 Å². The number of phenolic OH excluding ortho intramolecular Hbond substituents is 2. The molecular formula is C17H10N4O2. The first-order valence-corrected chi connectivity index (χ1v) is 6.41. The highest BCUT2D eigenvalue weighted by Gasteiger charge is 2.22. The summed E-state index contributed by atoms with van der Waals surface area (Å²) in [6.45, 7) is 7.34. The van der Waals surface area contributed by atoms with Gasteiger partial charge in [-0.15, -0.1) is 0 Å². The van der Waals surface area contributed by atoms with Crippen LogP contribution in [0.3, 0.4) is 0 Å². The van der Waals surface area contributed by atoms with Crippen molar-refractivity contribution >= 4 is 11.4 Å². The van der Waals surface area contributed by atoms with Crippen molar-refractivity contribution in [2.45, 2.75) is 0 Å². The third kappa shape index (κ3) is 3.21. The molecule has 2 aromatic rings. The fraction of sp³-hybridized carbons (Fsp3) is 0. The highest BCUT2D eigenvalue weighted by Crippen LogP contribution is 2.33. The maximum atomic E-state index is 9.41. The molecule has 0 bridgehead atoms. The molecule has 2 rings (SSSR count). The van der Waals surface area contributed by atoms with E-state index in [1.54, 1.807) is 36.4 Å². The Bertz CT molecular complexity index is 802. The number of hydrogen-bond acceptors (Lipinski definition) is 5. The largest absolute Gasteiger partial charge is 0.508 e. The first-order chi connectivity index (χ1) is 11.1. The van der Waals surface area contributed by atoms with Crippen molar-refractivity contribution in [3.63, 3.8) is 0 Å². The number of anilines is 2. The van der Waals surface area contributed by atoms with E-state index in [-0.39, 0.29) is 22.9 Å². The van der Waals surface area contributed by atoms with Crippen molar-refractivity contribution in [3.05, 3.63) is 71.3 Å². The highest BCUT2D eigenvalue weighted by molar-refractivity contribution is 5.72. The molecule has 0 fully saturated rings. The Morgan fingerprint density at radius 2 is 1.26 bits per heavy atom. The van der Waals surface area contributed by atoms with Gasteiger partial charge in [0.05, 0.1) is 0 Å². The van der Waals surface area contributed by atoms with Gasteiger partial charge in [0.25, 0.3) is 5.82 Å². The smallest absolute Gasteiger partial charge is 0.263 e. The molecule has 110 valence electrons. The van der Waals surface area contributed by atoms with E-state index in [9.17, 15) is 10.2 Å². The number of hydrogen-bond donors (Lipinski definition) is 2. The molecule has 0 spiro atoms. The molecule has 6 nitrogen and oxygen atoms in total. The van der Waals surface area contributed by atoms with Gasteiger partial charge in [-0.2, -0.15) is 10.5 Å². The lowest BCUT2D eigenvalue weighted by atomic mass is 10.2. The molecule has 0 unspecified atom stereocenters. The standard InChI is InChI=1S/C17H10N4O2/c1-20-17(12(10-18)11-19)21(13-2-6-15(22)7-3-13)14-4-8-16(23)9-5-14/h2-9,22-23H. The summed E-state index contributed by atoms with van der Waals surface area (Å²) >= 11 is 0. The Morgan fingerprint density at radius 1 is 0.870 bits per heavy atom. The second kappa shape index (κ2) is 6.67. The summed E-state index contributed by atoms with van der Waals surface area (Å²) in [6, 6.07) is 15.4. The average Bonchev–Trinajstić information content (AvgIpc) is 2.57. The lowest BCUT2D eigenvalue weighted by molar-refractivity contribution is 0.475. The fourth-order valence-electron chi connectivity index (χ4n) is 1.94. The third-order valence-corrected chi connectivity index (χ3v) is 2.98. The van der Waals surface area contributed by atoms with E-state index in [0.29, 0.717) is 11.4 Å². The summed E-state index contributed by atoms with van der Waals surface area (Å²) in [6.07, 6.45) is 0. The quantitative estimate of drug-likeness (QED) is 0.669. The number of phenols is 2. The van der Waals surface area contributed by atoms with Crippen molar-refractivity contribution in [1.29, 1.82) is 10.5 Å². The molecule has 0 atom stereocenters. The monoisotopic (exact) mass is 302 g/mol. The lowest BCUT2D eigenvalue weighted by Gasteiger charge is -2.20. The Hall–Kier alpha value is -3.95. The van der Waals surface area contributed by atoms with Crippen LogP contribution in [0.15, 0.2) is 59.9 Å². The topological polar surface area (TPSA) is 95.6 Å². The van der Waals surface area contributed by atoms with Crippen molar-refractivity contribution in [1.82, 2.24) is 0 Å². The second-order valence-electron chi connectivity index (χ2n) is 4.40. The van der Waals surface area contributed by atoms with Crippen LogP contribution in [0.5, 0.6) is 11.5 Å². The van der Waals surface area contributed by atoms with Crippen LogP contribution in [-0.4, -0.2) is 10.2 Å². The third-order valence-electron chi connectivity index (χ3n) is 2.98. The molecule has 0 heterocycles. The number of aromatic hydroxyl groups is 2. The average molecular weight is 302 g/mol. The summed E-state index contributed by atoms with van der Waals surface area (Å²) in [4.78, 5) is 4.72. The Balaban J connectivity index is 2.70. The van der Waals surface area contributed by atoms with E-state index in [2.05, 4.69) is 4.85 Å². The zero-order valence-corrected chi connectivity index (χ0v) is 11.8. The summed E-state index contributed by atoms with van der Waals surface area (Å²) in [5, 5.41) is 37.0. The molecular weight excluding hydrogens is 292 g/mol. The van der Waals surface area contributed by atoms with E-state index in [1.807, 2.05) is 0 Å². The maximum Gasteiger partial charge on any atom is 0.263 e. The number of nitrogens with zero attached hydrogens (tertiary/aromatic N) is 4. The van der Waals surface area contributed by atoms with E-state index in [4.69, 9.17) is 17.1 Å². The van der Waals surface area contributed by atoms with E-state index in [0.717, 1.165) is 0 Å². The molecule has 23 heavy (non-hydrogen) atoms. The lowest BCUT2D eigenvalue weighted by Crippen LogP contribution is -2.15. The predicted octanol–water partition coefficient (Wildman–Crippen LogP) is 3.41. The van der Waals surface area contributed by atoms with Gasteiger partial charge < -0.3 is 15.1 Å². The summed E-state index contributed by atoms with van der Waals surface area (Å²) in [5.74, 6) is -0.0616. The number of allylic oxidation sites excluding steroid dienone is 1. The maximum absolute atomic E-state index is 9.41. The highest BCUT2D eigenvalue weighted by atomic mass is 16.3. The Kier molecular flexibility index (Phi) is 4.48. The van der Waals surface area contributed by atoms with E-state index in [1.165, 1.54) is 29.2 Å². The van der Waals surface area contributed by atoms with Crippen LogP contribution in [-0.2, 0) is 0 Å². The number of nitriles is 2. The summed E-state index contributed by atoms with van der Waals surface area (Å²) in [5.41, 5.74) is 0.645. The molecule has 0 aromatic heterocycles. The fourth-order valence-corrected chi connectivity index (χ4v) is 1.94. The molecule has 2 aromatic carbocycles. The van der Waals surface area contributed by atoms with Gasteiger partial charge in [0.1, 0.15) is 35.0 Å². The van der Waals surface area contributed by atoms with Crippen molar-refractivity contribution in [2.24, 2.45) is 0 Å². The zero-order chi connectivity index (χ0) is 16.8. The minimum Gasteiger partial charge on any atom is -0.508 e. The molecule has 0 aliphatic carbocycles. The van der Waals surface area contributed by atoms with Gasteiger partial charge in [-0.05, 0) is 48.5 Å². The molecule has 0 aliphatic rings. The van der Waals surface area contributed by atoms with Crippen LogP contribution in [0.4, 0.5) is 11.4 Å². The van der Waals surface area contributed by atoms with E-state index >= 15 is 0 Å².